The van der Waals surface area contributed by atoms with E-state index in [2.05, 4.69) is 26.2 Å². The molecule has 102 valence electrons. The van der Waals surface area contributed by atoms with E-state index < -0.39 is 11.9 Å². The number of carboxylic acid groups (broad SMARTS) is 1. The summed E-state index contributed by atoms with van der Waals surface area (Å²) in [6.07, 6.45) is 2.97. The molecular weight excluding hydrogens is 348 g/mol. The number of halogens is 2. The van der Waals surface area contributed by atoms with E-state index >= 15 is 0 Å². The number of hydrogen-bond acceptors (Lipinski definition) is 3. The van der Waals surface area contributed by atoms with Crippen LogP contribution in [-0.2, 0) is 0 Å². The van der Waals surface area contributed by atoms with E-state index in [-0.39, 0.29) is 10.6 Å². The summed E-state index contributed by atoms with van der Waals surface area (Å²) in [6, 6.07) is 5.85. The third-order valence-electron chi connectivity index (χ3n) is 2.42. The first-order valence-electron chi connectivity index (χ1n) is 5.42. The monoisotopic (exact) mass is 354 g/mol. The molecule has 5 nitrogen and oxygen atoms in total. The Kier molecular flexibility index (Phi) is 4.36. The van der Waals surface area contributed by atoms with Crippen LogP contribution in [0.2, 0.25) is 5.02 Å². The maximum absolute atomic E-state index is 12.0. The third kappa shape index (κ3) is 3.34. The Balaban J connectivity index is 2.24. The zero-order valence-electron chi connectivity index (χ0n) is 9.93. The maximum atomic E-state index is 12.0. The van der Waals surface area contributed by atoms with E-state index in [4.69, 9.17) is 16.7 Å². The zero-order chi connectivity index (χ0) is 14.7. The molecule has 1 heterocycles. The van der Waals surface area contributed by atoms with Crippen molar-refractivity contribution >= 4 is 45.1 Å². The van der Waals surface area contributed by atoms with Crippen molar-refractivity contribution in [1.29, 1.82) is 0 Å². The number of benzene rings is 1. The molecule has 0 unspecified atom stereocenters. The molecule has 0 aliphatic carbocycles. The van der Waals surface area contributed by atoms with Gasteiger partial charge < -0.3 is 10.4 Å². The molecule has 0 aliphatic heterocycles. The van der Waals surface area contributed by atoms with Crippen LogP contribution in [0.15, 0.2) is 41.1 Å². The van der Waals surface area contributed by atoms with Gasteiger partial charge in [0, 0.05) is 22.6 Å². The van der Waals surface area contributed by atoms with Gasteiger partial charge >= 0.3 is 5.97 Å². The first-order valence-corrected chi connectivity index (χ1v) is 6.59. The lowest BCUT2D eigenvalue weighted by Gasteiger charge is -2.07. The standard InChI is InChI=1S/C13H8BrClN2O3/c14-8-3-7(5-16-6-8)12(18)17-9-1-2-11(15)10(4-9)13(19)20/h1-6H,(H,17,18)(H,19,20). The van der Waals surface area contributed by atoms with Gasteiger partial charge in [-0.1, -0.05) is 11.6 Å². The van der Waals surface area contributed by atoms with E-state index in [9.17, 15) is 9.59 Å². The summed E-state index contributed by atoms with van der Waals surface area (Å²) in [5.74, 6) is -1.55. The molecule has 7 heteroatoms. The average Bonchev–Trinajstić information content (AvgIpc) is 2.40. The van der Waals surface area contributed by atoms with Crippen LogP contribution >= 0.6 is 27.5 Å². The fraction of sp³-hybridized carbons (Fsp3) is 0. The van der Waals surface area contributed by atoms with E-state index in [1.807, 2.05) is 0 Å². The van der Waals surface area contributed by atoms with Crippen molar-refractivity contribution in [2.45, 2.75) is 0 Å². The lowest BCUT2D eigenvalue weighted by atomic mass is 10.2. The number of carbonyl (C=O) groups excluding carboxylic acids is 1. The van der Waals surface area contributed by atoms with Crippen molar-refractivity contribution in [3.05, 3.63) is 57.3 Å². The molecule has 0 saturated carbocycles. The smallest absolute Gasteiger partial charge is 0.337 e. The van der Waals surface area contributed by atoms with Crippen LogP contribution in [0.25, 0.3) is 0 Å². The summed E-state index contributed by atoms with van der Waals surface area (Å²) in [5, 5.41) is 11.7. The van der Waals surface area contributed by atoms with Crippen LogP contribution in [0.4, 0.5) is 5.69 Å². The predicted octanol–water partition coefficient (Wildman–Crippen LogP) is 3.45. The molecule has 0 spiro atoms. The van der Waals surface area contributed by atoms with Gasteiger partial charge in [0.2, 0.25) is 0 Å². The Bertz CT molecular complexity index is 691. The van der Waals surface area contributed by atoms with E-state index in [1.54, 1.807) is 12.3 Å². The second kappa shape index (κ2) is 6.02. The Labute approximate surface area is 127 Å². The average molecular weight is 356 g/mol. The van der Waals surface area contributed by atoms with E-state index in [1.165, 1.54) is 24.4 Å². The number of aromatic nitrogens is 1. The lowest BCUT2D eigenvalue weighted by Crippen LogP contribution is -2.12. The minimum Gasteiger partial charge on any atom is -0.478 e. The highest BCUT2D eigenvalue weighted by molar-refractivity contribution is 9.10. The molecule has 0 saturated heterocycles. The van der Waals surface area contributed by atoms with E-state index in [0.717, 1.165) is 0 Å². The molecule has 0 aliphatic rings. The van der Waals surface area contributed by atoms with Gasteiger partial charge in [-0.2, -0.15) is 0 Å². The normalized spacial score (nSPS) is 10.1. The number of rotatable bonds is 3. The van der Waals surface area contributed by atoms with Crippen LogP contribution in [0.5, 0.6) is 0 Å². The van der Waals surface area contributed by atoms with Crippen molar-refractivity contribution in [3.63, 3.8) is 0 Å². The molecule has 2 rings (SSSR count). The topological polar surface area (TPSA) is 79.3 Å². The van der Waals surface area contributed by atoms with Gasteiger partial charge in [0.25, 0.3) is 5.91 Å². The van der Waals surface area contributed by atoms with Crippen LogP contribution in [-0.4, -0.2) is 22.0 Å². The molecule has 0 bridgehead atoms. The van der Waals surface area contributed by atoms with Gasteiger partial charge in [-0.3, -0.25) is 9.78 Å². The van der Waals surface area contributed by atoms with Crippen LogP contribution < -0.4 is 5.32 Å². The Morgan fingerprint density at radius 3 is 2.65 bits per heavy atom. The summed E-state index contributed by atoms with van der Waals surface area (Å²) in [6.45, 7) is 0. The number of carbonyl (C=O) groups is 2. The quantitative estimate of drug-likeness (QED) is 0.884. The number of nitrogens with zero attached hydrogens (tertiary/aromatic N) is 1. The van der Waals surface area contributed by atoms with Crippen molar-refractivity contribution in [3.8, 4) is 0 Å². The van der Waals surface area contributed by atoms with Gasteiger partial charge in [0.1, 0.15) is 0 Å². The minimum atomic E-state index is -1.16. The fourth-order valence-electron chi connectivity index (χ4n) is 1.51. The molecule has 0 fully saturated rings. The number of anilines is 1. The van der Waals surface area contributed by atoms with Crippen molar-refractivity contribution in [1.82, 2.24) is 4.98 Å². The molecule has 0 radical (unpaired) electrons. The number of nitrogens with one attached hydrogen (secondary N) is 1. The Hall–Kier alpha value is -1.92. The number of aromatic carboxylic acids is 1. The summed E-state index contributed by atoms with van der Waals surface area (Å²) in [7, 11) is 0. The first-order chi connectivity index (χ1) is 9.47. The molecule has 0 atom stereocenters. The second-order valence-electron chi connectivity index (χ2n) is 3.85. The highest BCUT2D eigenvalue weighted by Crippen LogP contribution is 2.21. The van der Waals surface area contributed by atoms with Crippen molar-refractivity contribution in [2.75, 3.05) is 5.32 Å². The first kappa shape index (κ1) is 14.5. The van der Waals surface area contributed by atoms with Gasteiger partial charge in [-0.15, -0.1) is 0 Å². The maximum Gasteiger partial charge on any atom is 0.337 e. The number of hydrogen-bond donors (Lipinski definition) is 2. The highest BCUT2D eigenvalue weighted by Gasteiger charge is 2.12. The molecule has 1 aromatic carbocycles. The van der Waals surface area contributed by atoms with E-state index in [0.29, 0.717) is 15.7 Å². The summed E-state index contributed by atoms with van der Waals surface area (Å²) in [5.41, 5.74) is 0.625. The summed E-state index contributed by atoms with van der Waals surface area (Å²) < 4.78 is 0.674. The number of pyridine rings is 1. The predicted molar refractivity (Wildman–Crippen MR) is 78.3 cm³/mol. The van der Waals surface area contributed by atoms with Gasteiger partial charge in [-0.05, 0) is 40.2 Å². The molecule has 1 aromatic heterocycles. The molecular formula is C13H8BrClN2O3. The van der Waals surface area contributed by atoms with Gasteiger partial charge in [-0.25, -0.2) is 4.79 Å². The number of amides is 1. The van der Waals surface area contributed by atoms with Crippen molar-refractivity contribution in [2.24, 2.45) is 0 Å². The number of carboxylic acids is 1. The van der Waals surface area contributed by atoms with Crippen LogP contribution in [0, 0.1) is 0 Å². The summed E-state index contributed by atoms with van der Waals surface area (Å²) in [4.78, 5) is 26.8. The Morgan fingerprint density at radius 1 is 1.25 bits per heavy atom. The van der Waals surface area contributed by atoms with Gasteiger partial charge in [0.05, 0.1) is 16.1 Å². The molecule has 2 aromatic rings. The molecule has 1 amide bonds. The van der Waals surface area contributed by atoms with Crippen LogP contribution in [0.1, 0.15) is 20.7 Å². The van der Waals surface area contributed by atoms with Crippen LogP contribution in [0.3, 0.4) is 0 Å². The highest BCUT2D eigenvalue weighted by atomic mass is 79.9. The third-order valence-corrected chi connectivity index (χ3v) is 3.18. The Morgan fingerprint density at radius 2 is 2.00 bits per heavy atom. The summed E-state index contributed by atoms with van der Waals surface area (Å²) >= 11 is 8.97. The van der Waals surface area contributed by atoms with Gasteiger partial charge in [0.15, 0.2) is 0 Å². The second-order valence-corrected chi connectivity index (χ2v) is 5.17. The zero-order valence-corrected chi connectivity index (χ0v) is 12.3. The molecule has 20 heavy (non-hydrogen) atoms. The minimum absolute atomic E-state index is 0.0724. The largest absolute Gasteiger partial charge is 0.478 e. The molecule has 2 N–H and O–H groups in total. The fourth-order valence-corrected chi connectivity index (χ4v) is 2.07. The SMILES string of the molecule is O=C(Nc1ccc(Cl)c(C(=O)O)c1)c1cncc(Br)c1. The van der Waals surface area contributed by atoms with Crippen molar-refractivity contribution < 1.29 is 14.7 Å². The lowest BCUT2D eigenvalue weighted by molar-refractivity contribution is 0.0696.